The van der Waals surface area contributed by atoms with Gasteiger partial charge in [0.05, 0.1) is 31.9 Å². The van der Waals surface area contributed by atoms with E-state index >= 15 is 0 Å². The van der Waals surface area contributed by atoms with Crippen molar-refractivity contribution in [2.75, 3.05) is 25.5 Å². The molecular formula is C22H23N5O5S. The van der Waals surface area contributed by atoms with Crippen LogP contribution in [-0.2, 0) is 10.0 Å². The minimum Gasteiger partial charge on any atom is -0.494 e. The first-order chi connectivity index (χ1) is 16.0. The van der Waals surface area contributed by atoms with E-state index in [0.717, 1.165) is 6.42 Å². The minimum absolute atomic E-state index is 0.0309. The Morgan fingerprint density at radius 3 is 2.30 bits per heavy atom. The van der Waals surface area contributed by atoms with Crippen molar-refractivity contribution in [1.29, 1.82) is 0 Å². The zero-order valence-electron chi connectivity index (χ0n) is 18.3. The minimum atomic E-state index is -3.86. The Kier molecular flexibility index (Phi) is 6.31. The van der Waals surface area contributed by atoms with Crippen molar-refractivity contribution in [1.82, 2.24) is 19.5 Å². The van der Waals surface area contributed by atoms with Crippen molar-refractivity contribution in [3.8, 4) is 23.2 Å². The maximum Gasteiger partial charge on any atom is 0.305 e. The fraction of sp³-hybridized carbons (Fsp3) is 0.227. The number of anilines is 1. The molecule has 0 saturated heterocycles. The first-order valence-electron chi connectivity index (χ1n) is 10.2. The van der Waals surface area contributed by atoms with Gasteiger partial charge >= 0.3 is 6.01 Å². The number of nitrogens with zero attached hydrogens (tertiary/aromatic N) is 4. The van der Waals surface area contributed by atoms with Crippen LogP contribution in [0.2, 0.25) is 0 Å². The van der Waals surface area contributed by atoms with E-state index in [1.165, 1.54) is 32.5 Å². The highest BCUT2D eigenvalue weighted by molar-refractivity contribution is 7.92. The third-order valence-electron chi connectivity index (χ3n) is 4.69. The summed E-state index contributed by atoms with van der Waals surface area (Å²) in [6.45, 7) is 2.39. The predicted octanol–water partition coefficient (Wildman–Crippen LogP) is 3.42. The number of hydrogen-bond donors (Lipinski definition) is 1. The molecule has 2 aromatic carbocycles. The molecule has 0 unspecified atom stereocenters. The van der Waals surface area contributed by atoms with Gasteiger partial charge in [0.2, 0.25) is 5.65 Å². The number of fused-ring (bicyclic) bond motifs is 1. The number of ether oxygens (including phenoxy) is 3. The monoisotopic (exact) mass is 469 g/mol. The molecule has 0 spiro atoms. The maximum absolute atomic E-state index is 12.8. The molecule has 4 rings (SSSR count). The topological polar surface area (TPSA) is 117 Å². The van der Waals surface area contributed by atoms with Crippen LogP contribution in [0.15, 0.2) is 59.6 Å². The fourth-order valence-electron chi connectivity index (χ4n) is 3.22. The lowest BCUT2D eigenvalue weighted by Gasteiger charge is -2.16. The summed E-state index contributed by atoms with van der Waals surface area (Å²) in [7, 11) is -0.782. The Labute approximate surface area is 191 Å². The molecule has 0 atom stereocenters. The van der Waals surface area contributed by atoms with Gasteiger partial charge in [-0.2, -0.15) is 4.98 Å². The lowest BCUT2D eigenvalue weighted by molar-refractivity contribution is 0.287. The van der Waals surface area contributed by atoms with E-state index < -0.39 is 10.0 Å². The van der Waals surface area contributed by atoms with Crippen molar-refractivity contribution in [3.63, 3.8) is 0 Å². The van der Waals surface area contributed by atoms with Crippen LogP contribution < -0.4 is 18.9 Å². The summed E-state index contributed by atoms with van der Waals surface area (Å²) >= 11 is 0. The molecule has 172 valence electrons. The molecule has 0 aliphatic heterocycles. The number of imidazole rings is 1. The SMILES string of the molecule is CCCOc1nc2ncc(NS(=O)(=O)c3ccccc3)nc2n1-c1c(OC)cccc1OC. The van der Waals surface area contributed by atoms with Crippen molar-refractivity contribution in [3.05, 3.63) is 54.7 Å². The summed E-state index contributed by atoms with van der Waals surface area (Å²) in [5.41, 5.74) is 1.06. The molecule has 11 heteroatoms. The predicted molar refractivity (Wildman–Crippen MR) is 123 cm³/mol. The van der Waals surface area contributed by atoms with Gasteiger partial charge in [-0.1, -0.05) is 31.2 Å². The van der Waals surface area contributed by atoms with E-state index in [1.54, 1.807) is 41.0 Å². The molecule has 10 nitrogen and oxygen atoms in total. The zero-order chi connectivity index (χ0) is 23.4. The van der Waals surface area contributed by atoms with Crippen LogP contribution in [0.25, 0.3) is 17.0 Å². The lowest BCUT2D eigenvalue weighted by atomic mass is 10.2. The van der Waals surface area contributed by atoms with Crippen LogP contribution in [0.5, 0.6) is 17.5 Å². The first kappa shape index (κ1) is 22.3. The first-order valence-corrected chi connectivity index (χ1v) is 11.6. The highest BCUT2D eigenvalue weighted by Gasteiger charge is 2.24. The molecule has 0 aliphatic carbocycles. The van der Waals surface area contributed by atoms with Crippen LogP contribution in [-0.4, -0.2) is 48.8 Å². The smallest absolute Gasteiger partial charge is 0.305 e. The van der Waals surface area contributed by atoms with Crippen molar-refractivity contribution < 1.29 is 22.6 Å². The number of para-hydroxylation sites is 1. The van der Waals surface area contributed by atoms with Crippen LogP contribution in [0.4, 0.5) is 5.82 Å². The summed E-state index contributed by atoms with van der Waals surface area (Å²) in [6, 6.07) is 13.6. The van der Waals surface area contributed by atoms with Crippen LogP contribution >= 0.6 is 0 Å². The average Bonchev–Trinajstić information content (AvgIpc) is 3.19. The summed E-state index contributed by atoms with van der Waals surface area (Å²) in [4.78, 5) is 13.4. The molecule has 4 aromatic rings. The molecule has 0 bridgehead atoms. The molecule has 2 aromatic heterocycles. The Balaban J connectivity index is 1.89. The Bertz CT molecular complexity index is 1350. The van der Waals surface area contributed by atoms with Gasteiger partial charge in [0.15, 0.2) is 11.5 Å². The molecule has 1 N–H and O–H groups in total. The summed E-state index contributed by atoms with van der Waals surface area (Å²) in [5.74, 6) is 1.02. The van der Waals surface area contributed by atoms with E-state index in [0.29, 0.717) is 23.8 Å². The summed E-state index contributed by atoms with van der Waals surface area (Å²) in [6.07, 6.45) is 2.07. The molecule has 2 heterocycles. The Morgan fingerprint density at radius 2 is 1.67 bits per heavy atom. The van der Waals surface area contributed by atoms with Crippen molar-refractivity contribution >= 4 is 27.1 Å². The standard InChI is InChI=1S/C22H23N5O5S/c1-4-13-32-22-25-20-21(27(22)19-16(30-2)11-8-12-17(19)31-3)24-18(14-23-20)26-33(28,29)15-9-6-5-7-10-15/h5-12,14H,4,13H2,1-3H3,(H,24,26). The molecule has 0 fully saturated rings. The quantitative estimate of drug-likeness (QED) is 0.396. The number of rotatable bonds is 9. The number of sulfonamides is 1. The molecule has 33 heavy (non-hydrogen) atoms. The lowest BCUT2D eigenvalue weighted by Crippen LogP contribution is -2.14. The van der Waals surface area contributed by atoms with E-state index in [-0.39, 0.29) is 28.0 Å². The van der Waals surface area contributed by atoms with Crippen LogP contribution in [0.1, 0.15) is 13.3 Å². The highest BCUT2D eigenvalue weighted by atomic mass is 32.2. The van der Waals surface area contributed by atoms with Gasteiger partial charge in [0.25, 0.3) is 10.0 Å². The molecule has 0 saturated carbocycles. The molecule has 0 radical (unpaired) electrons. The Hall–Kier alpha value is -3.86. The third kappa shape index (κ3) is 4.40. The highest BCUT2D eigenvalue weighted by Crippen LogP contribution is 2.37. The van der Waals surface area contributed by atoms with Gasteiger partial charge < -0.3 is 14.2 Å². The normalized spacial score (nSPS) is 11.4. The van der Waals surface area contributed by atoms with Crippen LogP contribution in [0.3, 0.4) is 0 Å². The zero-order valence-corrected chi connectivity index (χ0v) is 19.2. The van der Waals surface area contributed by atoms with E-state index in [2.05, 4.69) is 19.7 Å². The third-order valence-corrected chi connectivity index (χ3v) is 6.06. The maximum atomic E-state index is 12.8. The van der Waals surface area contributed by atoms with Gasteiger partial charge in [-0.25, -0.2) is 23.0 Å². The summed E-state index contributed by atoms with van der Waals surface area (Å²) in [5, 5.41) is 0. The Morgan fingerprint density at radius 1 is 0.970 bits per heavy atom. The van der Waals surface area contributed by atoms with Gasteiger partial charge in [-0.05, 0) is 30.7 Å². The number of hydrogen-bond acceptors (Lipinski definition) is 8. The van der Waals surface area contributed by atoms with Crippen molar-refractivity contribution in [2.45, 2.75) is 18.2 Å². The van der Waals surface area contributed by atoms with E-state index in [1.807, 2.05) is 6.92 Å². The van der Waals surface area contributed by atoms with Crippen molar-refractivity contribution in [2.24, 2.45) is 0 Å². The number of methoxy groups -OCH3 is 2. The van der Waals surface area contributed by atoms with E-state index in [4.69, 9.17) is 14.2 Å². The fourth-order valence-corrected chi connectivity index (χ4v) is 4.23. The van der Waals surface area contributed by atoms with Gasteiger partial charge in [0.1, 0.15) is 17.2 Å². The number of benzene rings is 2. The van der Waals surface area contributed by atoms with Crippen LogP contribution in [0, 0.1) is 0 Å². The molecular weight excluding hydrogens is 446 g/mol. The summed E-state index contributed by atoms with van der Waals surface area (Å²) < 4.78 is 46.6. The molecule has 0 amide bonds. The second kappa shape index (κ2) is 9.33. The van der Waals surface area contributed by atoms with Gasteiger partial charge in [0, 0.05) is 0 Å². The van der Waals surface area contributed by atoms with E-state index in [9.17, 15) is 8.42 Å². The second-order valence-electron chi connectivity index (χ2n) is 6.91. The number of aromatic nitrogens is 4. The molecule has 0 aliphatic rings. The second-order valence-corrected chi connectivity index (χ2v) is 8.59. The number of nitrogens with one attached hydrogen (secondary N) is 1. The average molecular weight is 470 g/mol. The van der Waals surface area contributed by atoms with Gasteiger partial charge in [-0.3, -0.25) is 4.72 Å². The largest absolute Gasteiger partial charge is 0.494 e. The van der Waals surface area contributed by atoms with Gasteiger partial charge in [-0.15, -0.1) is 0 Å².